The lowest BCUT2D eigenvalue weighted by molar-refractivity contribution is -0.117. The number of alkyl halides is 4. The Balaban J connectivity index is 1.70. The van der Waals surface area contributed by atoms with E-state index in [-0.39, 0.29) is 32.3 Å². The Morgan fingerprint density at radius 2 is 2.00 bits per heavy atom. The van der Waals surface area contributed by atoms with E-state index >= 15 is 0 Å². The third-order valence-corrected chi connectivity index (χ3v) is 6.92. The fourth-order valence-corrected chi connectivity index (χ4v) is 5.35. The molecule has 3 aromatic heterocycles. The molecule has 1 aliphatic rings. The number of fused-ring (bicyclic) bond motifs is 1. The van der Waals surface area contributed by atoms with Crippen LogP contribution in [0.25, 0.3) is 10.2 Å². The fourth-order valence-electron chi connectivity index (χ4n) is 3.51. The first-order valence-electron chi connectivity index (χ1n) is 9.44. The molecule has 170 valence electrons. The number of nitrogens with one attached hydrogen (secondary N) is 1. The van der Waals surface area contributed by atoms with Gasteiger partial charge in [-0.3, -0.25) is 14.3 Å². The summed E-state index contributed by atoms with van der Waals surface area (Å²) in [7, 11) is 0. The molecular weight excluding hydrogens is 518 g/mol. The molecular formula is C19H16BrF4N5O2S. The van der Waals surface area contributed by atoms with E-state index in [9.17, 15) is 27.2 Å². The topological polar surface area (TPSA) is 103 Å². The monoisotopic (exact) mass is 533 g/mol. The normalized spacial score (nSPS) is 14.0. The zero-order chi connectivity index (χ0) is 23.3. The number of amides is 2. The van der Waals surface area contributed by atoms with E-state index in [2.05, 4.69) is 31.3 Å². The highest BCUT2D eigenvalue weighted by molar-refractivity contribution is 9.10. The van der Waals surface area contributed by atoms with Gasteiger partial charge in [0.2, 0.25) is 5.91 Å². The van der Waals surface area contributed by atoms with Gasteiger partial charge in [0.05, 0.1) is 15.9 Å². The molecule has 3 aromatic rings. The van der Waals surface area contributed by atoms with E-state index in [4.69, 9.17) is 5.73 Å². The number of halogens is 5. The van der Waals surface area contributed by atoms with Crippen molar-refractivity contribution in [2.45, 2.75) is 45.1 Å². The predicted octanol–water partition coefficient (Wildman–Crippen LogP) is 5.05. The van der Waals surface area contributed by atoms with Gasteiger partial charge in [-0.05, 0) is 47.3 Å². The third kappa shape index (κ3) is 4.10. The minimum atomic E-state index is -2.81. The minimum absolute atomic E-state index is 0.0274. The average Bonchev–Trinajstić information content (AvgIpc) is 3.38. The van der Waals surface area contributed by atoms with Crippen LogP contribution in [0.1, 0.15) is 63.9 Å². The van der Waals surface area contributed by atoms with Crippen LogP contribution in [0.4, 0.5) is 23.2 Å². The van der Waals surface area contributed by atoms with Crippen molar-refractivity contribution in [3.63, 3.8) is 0 Å². The van der Waals surface area contributed by atoms with E-state index < -0.39 is 36.1 Å². The molecule has 0 radical (unpaired) electrons. The van der Waals surface area contributed by atoms with Crippen LogP contribution in [0.15, 0.2) is 10.5 Å². The van der Waals surface area contributed by atoms with Crippen LogP contribution in [-0.4, -0.2) is 26.6 Å². The van der Waals surface area contributed by atoms with E-state index in [0.717, 1.165) is 24.2 Å². The number of nitrogens with two attached hydrogens (primary N) is 1. The number of primary amides is 1. The molecule has 0 saturated heterocycles. The van der Waals surface area contributed by atoms with Crippen molar-refractivity contribution < 1.29 is 27.2 Å². The van der Waals surface area contributed by atoms with Crippen LogP contribution in [0.3, 0.4) is 0 Å². The summed E-state index contributed by atoms with van der Waals surface area (Å²) in [6.07, 6.45) is -4.02. The Bertz CT molecular complexity index is 1240. The highest BCUT2D eigenvalue weighted by Crippen LogP contribution is 2.45. The molecule has 0 bridgehead atoms. The van der Waals surface area contributed by atoms with Gasteiger partial charge in [-0.25, -0.2) is 22.5 Å². The summed E-state index contributed by atoms with van der Waals surface area (Å²) in [5.74, 6) is -1.47. The number of carbonyl (C=O) groups is 2. The molecule has 4 rings (SSSR count). The Hall–Kier alpha value is -2.54. The van der Waals surface area contributed by atoms with E-state index in [1.165, 1.54) is 10.7 Å². The summed E-state index contributed by atoms with van der Waals surface area (Å²) in [6, 6.07) is 1.17. The van der Waals surface area contributed by atoms with Crippen molar-refractivity contribution >= 4 is 55.0 Å². The summed E-state index contributed by atoms with van der Waals surface area (Å²) in [6.45, 7) is 1.17. The van der Waals surface area contributed by atoms with Crippen LogP contribution in [0, 0.1) is 6.92 Å². The van der Waals surface area contributed by atoms with Gasteiger partial charge in [-0.2, -0.15) is 5.10 Å². The zero-order valence-corrected chi connectivity index (χ0v) is 18.9. The Morgan fingerprint density at radius 1 is 1.31 bits per heavy atom. The second kappa shape index (κ2) is 8.43. The number of anilines is 1. The van der Waals surface area contributed by atoms with Crippen LogP contribution in [0.5, 0.6) is 0 Å². The van der Waals surface area contributed by atoms with E-state index in [0.29, 0.717) is 16.6 Å². The molecule has 0 aromatic carbocycles. The zero-order valence-electron chi connectivity index (χ0n) is 16.5. The first-order valence-corrected chi connectivity index (χ1v) is 11.1. The van der Waals surface area contributed by atoms with Gasteiger partial charge in [0, 0.05) is 11.3 Å². The molecule has 7 nitrogen and oxygen atoms in total. The maximum Gasteiger partial charge on any atom is 0.283 e. The molecule has 3 N–H and O–H groups in total. The lowest BCUT2D eigenvalue weighted by Gasteiger charge is -2.10. The molecule has 3 heterocycles. The summed E-state index contributed by atoms with van der Waals surface area (Å²) in [4.78, 5) is 28.7. The summed E-state index contributed by atoms with van der Waals surface area (Å²) in [5, 5.41) is 6.78. The van der Waals surface area contributed by atoms with Gasteiger partial charge >= 0.3 is 0 Å². The number of carbonyl (C=O) groups excluding carboxylic acids is 2. The van der Waals surface area contributed by atoms with Crippen molar-refractivity contribution in [1.29, 1.82) is 0 Å². The molecule has 0 aliphatic heterocycles. The quantitative estimate of drug-likeness (QED) is 0.414. The number of hydrogen-bond donors (Lipinski definition) is 2. The van der Waals surface area contributed by atoms with Gasteiger partial charge < -0.3 is 11.1 Å². The average molecular weight is 534 g/mol. The summed E-state index contributed by atoms with van der Waals surface area (Å²) >= 11 is 3.95. The van der Waals surface area contributed by atoms with Gasteiger partial charge in [0.1, 0.15) is 27.6 Å². The lowest BCUT2D eigenvalue weighted by Crippen LogP contribution is -2.22. The molecule has 1 saturated carbocycles. The molecule has 0 unspecified atom stereocenters. The summed E-state index contributed by atoms with van der Waals surface area (Å²) < 4.78 is 54.2. The molecule has 0 spiro atoms. The first-order chi connectivity index (χ1) is 15.1. The van der Waals surface area contributed by atoms with Crippen LogP contribution in [-0.2, 0) is 11.3 Å². The number of pyridine rings is 1. The fraction of sp³-hybridized carbons (Fsp3) is 0.368. The number of aromatic nitrogens is 3. The van der Waals surface area contributed by atoms with Crippen molar-refractivity contribution in [2.24, 2.45) is 5.73 Å². The van der Waals surface area contributed by atoms with Crippen LogP contribution >= 0.6 is 27.3 Å². The number of aryl methyl sites for hydroxylation is 1. The number of thiophene rings is 1. The SMILES string of the molecule is Cc1cc(C(F)F)nc2sc(C(N)=O)c(NC(=O)Cn3nc(C(F)F)c(Br)c3C3CC3)c12. The second-order valence-corrected chi connectivity index (χ2v) is 9.17. The van der Waals surface area contributed by atoms with Crippen molar-refractivity contribution in [1.82, 2.24) is 14.8 Å². The molecule has 1 aliphatic carbocycles. The molecule has 32 heavy (non-hydrogen) atoms. The Kier molecular flexibility index (Phi) is 5.96. The molecule has 1 fully saturated rings. The number of nitrogens with zero attached hydrogens (tertiary/aromatic N) is 3. The van der Waals surface area contributed by atoms with Crippen LogP contribution < -0.4 is 11.1 Å². The lowest BCUT2D eigenvalue weighted by atomic mass is 10.1. The smallest absolute Gasteiger partial charge is 0.283 e. The molecule has 13 heteroatoms. The largest absolute Gasteiger partial charge is 0.365 e. The van der Waals surface area contributed by atoms with Gasteiger partial charge in [-0.1, -0.05) is 0 Å². The van der Waals surface area contributed by atoms with E-state index in [1.54, 1.807) is 6.92 Å². The number of rotatable bonds is 7. The Morgan fingerprint density at radius 3 is 2.56 bits per heavy atom. The Labute approximate surface area is 191 Å². The number of hydrogen-bond acceptors (Lipinski definition) is 5. The van der Waals surface area contributed by atoms with Gasteiger partial charge in [-0.15, -0.1) is 11.3 Å². The van der Waals surface area contributed by atoms with Gasteiger partial charge in [0.25, 0.3) is 18.8 Å². The molecule has 2 amide bonds. The summed E-state index contributed by atoms with van der Waals surface area (Å²) in [5.41, 5.74) is 5.47. The van der Waals surface area contributed by atoms with Crippen molar-refractivity contribution in [3.05, 3.63) is 38.1 Å². The predicted molar refractivity (Wildman–Crippen MR) is 113 cm³/mol. The van der Waals surface area contributed by atoms with Crippen molar-refractivity contribution in [3.8, 4) is 0 Å². The van der Waals surface area contributed by atoms with Gasteiger partial charge in [0.15, 0.2) is 0 Å². The maximum absolute atomic E-state index is 13.3. The highest BCUT2D eigenvalue weighted by Gasteiger charge is 2.34. The van der Waals surface area contributed by atoms with E-state index in [1.807, 2.05) is 0 Å². The second-order valence-electron chi connectivity index (χ2n) is 7.38. The third-order valence-electron chi connectivity index (χ3n) is 5.01. The molecule has 0 atom stereocenters. The minimum Gasteiger partial charge on any atom is -0.365 e. The maximum atomic E-state index is 13.3. The first kappa shape index (κ1) is 22.6. The van der Waals surface area contributed by atoms with Crippen LogP contribution in [0.2, 0.25) is 0 Å². The standard InChI is InChI=1S/C19H16BrF4N5O2S/c1-6-4-8(16(21)22)26-19-10(6)12(15(32-19)18(25)31)27-9(30)5-29-14(7-2-3-7)11(20)13(28-29)17(23)24/h4,7,16-17H,2-3,5H2,1H3,(H2,25,31)(H,27,30). The highest BCUT2D eigenvalue weighted by atomic mass is 79.9. The van der Waals surface area contributed by atoms with Crippen molar-refractivity contribution in [2.75, 3.05) is 5.32 Å².